The Balaban J connectivity index is 2.07. The Bertz CT molecular complexity index is 289. The van der Waals surface area contributed by atoms with Crippen LogP contribution in [0.1, 0.15) is 25.2 Å². The summed E-state index contributed by atoms with van der Waals surface area (Å²) in [5.41, 5.74) is 1.08. The van der Waals surface area contributed by atoms with E-state index in [4.69, 9.17) is 9.57 Å². The second-order valence-electron chi connectivity index (χ2n) is 3.59. The minimum atomic E-state index is -0.242. The third-order valence-electron chi connectivity index (χ3n) is 2.49. The Morgan fingerprint density at radius 2 is 2.13 bits per heavy atom. The van der Waals surface area contributed by atoms with Gasteiger partial charge in [-0.25, -0.2) is 0 Å². The van der Waals surface area contributed by atoms with Gasteiger partial charge in [-0.3, -0.25) is 4.84 Å². The van der Waals surface area contributed by atoms with Gasteiger partial charge in [0.05, 0.1) is 6.61 Å². The van der Waals surface area contributed by atoms with Crippen LogP contribution in [0.2, 0.25) is 0 Å². The van der Waals surface area contributed by atoms with Gasteiger partial charge in [-0.15, -0.1) is 0 Å². The van der Waals surface area contributed by atoms with E-state index in [0.29, 0.717) is 0 Å². The second kappa shape index (κ2) is 5.26. The van der Waals surface area contributed by atoms with Crippen molar-refractivity contribution in [3.63, 3.8) is 0 Å². The van der Waals surface area contributed by atoms with Crippen LogP contribution in [-0.2, 0) is 9.57 Å². The maximum atomic E-state index is 5.76. The fourth-order valence-electron chi connectivity index (χ4n) is 1.65. The van der Waals surface area contributed by atoms with Gasteiger partial charge in [0.25, 0.3) is 0 Å². The van der Waals surface area contributed by atoms with Crippen molar-refractivity contribution in [2.75, 3.05) is 19.7 Å². The Morgan fingerprint density at radius 1 is 1.33 bits per heavy atom. The molecule has 0 radical (unpaired) electrons. The van der Waals surface area contributed by atoms with E-state index in [1.165, 1.54) is 0 Å². The molecule has 1 aromatic carbocycles. The van der Waals surface area contributed by atoms with E-state index in [-0.39, 0.29) is 6.29 Å². The topological polar surface area (TPSA) is 21.7 Å². The predicted molar refractivity (Wildman–Crippen MR) is 58.1 cm³/mol. The molecule has 1 saturated heterocycles. The molecule has 0 amide bonds. The standard InChI is InChI=1S/C12H17NO2/c1-2-13-9-6-10-14-12(15-13)11-7-4-3-5-8-11/h3-5,7-8,12H,2,6,9-10H2,1H3. The Kier molecular flexibility index (Phi) is 3.72. The van der Waals surface area contributed by atoms with Crippen LogP contribution in [0.25, 0.3) is 0 Å². The molecule has 0 spiro atoms. The third kappa shape index (κ3) is 2.78. The molecule has 1 fully saturated rings. The number of nitrogens with zero attached hydrogens (tertiary/aromatic N) is 1. The summed E-state index contributed by atoms with van der Waals surface area (Å²) < 4.78 is 5.66. The van der Waals surface area contributed by atoms with Crippen LogP contribution in [0.15, 0.2) is 30.3 Å². The molecule has 1 heterocycles. The van der Waals surface area contributed by atoms with Crippen molar-refractivity contribution in [1.29, 1.82) is 0 Å². The molecule has 1 aliphatic heterocycles. The van der Waals surface area contributed by atoms with E-state index in [0.717, 1.165) is 31.7 Å². The predicted octanol–water partition coefficient (Wildman–Crippen LogP) is 2.36. The van der Waals surface area contributed by atoms with Crippen molar-refractivity contribution in [2.45, 2.75) is 19.6 Å². The van der Waals surface area contributed by atoms with Gasteiger partial charge < -0.3 is 4.74 Å². The minimum Gasteiger partial charge on any atom is -0.347 e. The SMILES string of the molecule is CCN1CCCOC(c2ccccc2)O1. The van der Waals surface area contributed by atoms with Gasteiger partial charge in [0.2, 0.25) is 6.29 Å². The molecule has 2 rings (SSSR count). The quantitative estimate of drug-likeness (QED) is 0.743. The Morgan fingerprint density at radius 3 is 2.87 bits per heavy atom. The number of hydroxylamine groups is 2. The van der Waals surface area contributed by atoms with E-state index in [1.807, 2.05) is 35.4 Å². The first-order valence-electron chi connectivity index (χ1n) is 5.48. The van der Waals surface area contributed by atoms with E-state index < -0.39 is 0 Å². The average molecular weight is 207 g/mol. The lowest BCUT2D eigenvalue weighted by Gasteiger charge is -2.22. The Hall–Kier alpha value is -0.900. The van der Waals surface area contributed by atoms with Crippen LogP contribution in [-0.4, -0.2) is 24.8 Å². The first-order chi connectivity index (χ1) is 7.40. The van der Waals surface area contributed by atoms with Crippen molar-refractivity contribution >= 4 is 0 Å². The summed E-state index contributed by atoms with van der Waals surface area (Å²) in [6.45, 7) is 4.69. The molecular formula is C12H17NO2. The maximum absolute atomic E-state index is 5.76. The highest BCUT2D eigenvalue weighted by Gasteiger charge is 2.19. The van der Waals surface area contributed by atoms with Crippen LogP contribution < -0.4 is 0 Å². The van der Waals surface area contributed by atoms with E-state index in [1.54, 1.807) is 0 Å². The number of rotatable bonds is 2. The molecule has 82 valence electrons. The van der Waals surface area contributed by atoms with Gasteiger partial charge in [-0.1, -0.05) is 37.3 Å². The highest BCUT2D eigenvalue weighted by atomic mass is 16.8. The summed E-state index contributed by atoms with van der Waals surface area (Å²) >= 11 is 0. The number of benzene rings is 1. The molecule has 1 aromatic rings. The highest BCUT2D eigenvalue weighted by Crippen LogP contribution is 2.22. The molecule has 15 heavy (non-hydrogen) atoms. The van der Waals surface area contributed by atoms with Gasteiger partial charge >= 0.3 is 0 Å². The zero-order valence-electron chi connectivity index (χ0n) is 9.06. The molecule has 0 aromatic heterocycles. The van der Waals surface area contributed by atoms with Gasteiger partial charge in [-0.05, 0) is 6.42 Å². The first kappa shape index (κ1) is 10.6. The fraction of sp³-hybridized carbons (Fsp3) is 0.500. The summed E-state index contributed by atoms with van der Waals surface area (Å²) in [7, 11) is 0. The third-order valence-corrected chi connectivity index (χ3v) is 2.49. The van der Waals surface area contributed by atoms with Crippen molar-refractivity contribution in [3.8, 4) is 0 Å². The molecule has 0 N–H and O–H groups in total. The molecule has 1 aliphatic rings. The maximum Gasteiger partial charge on any atom is 0.203 e. The van der Waals surface area contributed by atoms with Crippen molar-refractivity contribution in [2.24, 2.45) is 0 Å². The molecule has 1 unspecified atom stereocenters. The zero-order valence-corrected chi connectivity index (χ0v) is 9.06. The van der Waals surface area contributed by atoms with Crippen LogP contribution in [0, 0.1) is 0 Å². The normalized spacial score (nSPS) is 23.7. The van der Waals surface area contributed by atoms with Crippen molar-refractivity contribution in [1.82, 2.24) is 5.06 Å². The monoisotopic (exact) mass is 207 g/mol. The summed E-state index contributed by atoms with van der Waals surface area (Å²) in [6.07, 6.45) is 0.783. The van der Waals surface area contributed by atoms with Gasteiger partial charge in [0.1, 0.15) is 0 Å². The smallest absolute Gasteiger partial charge is 0.203 e. The summed E-state index contributed by atoms with van der Waals surface area (Å²) in [5, 5.41) is 1.96. The molecule has 3 nitrogen and oxygen atoms in total. The molecular weight excluding hydrogens is 190 g/mol. The van der Waals surface area contributed by atoms with Crippen LogP contribution >= 0.6 is 0 Å². The molecule has 1 atom stereocenters. The number of hydrogen-bond acceptors (Lipinski definition) is 3. The lowest BCUT2D eigenvalue weighted by molar-refractivity contribution is -0.265. The average Bonchev–Trinajstić information content (AvgIpc) is 2.55. The lowest BCUT2D eigenvalue weighted by atomic mass is 10.2. The Labute approximate surface area is 90.6 Å². The van der Waals surface area contributed by atoms with E-state index in [2.05, 4.69) is 6.92 Å². The number of ether oxygens (including phenoxy) is 1. The fourth-order valence-corrected chi connectivity index (χ4v) is 1.65. The van der Waals surface area contributed by atoms with Gasteiger partial charge in [0.15, 0.2) is 0 Å². The molecule has 0 saturated carbocycles. The van der Waals surface area contributed by atoms with Gasteiger partial charge in [0, 0.05) is 18.7 Å². The van der Waals surface area contributed by atoms with Crippen molar-refractivity contribution in [3.05, 3.63) is 35.9 Å². The zero-order chi connectivity index (χ0) is 10.5. The summed E-state index contributed by atoms with van der Waals surface area (Å²) in [4.78, 5) is 5.76. The summed E-state index contributed by atoms with van der Waals surface area (Å²) in [6, 6.07) is 10.1. The van der Waals surface area contributed by atoms with Gasteiger partial charge in [-0.2, -0.15) is 5.06 Å². The van der Waals surface area contributed by atoms with E-state index in [9.17, 15) is 0 Å². The first-order valence-corrected chi connectivity index (χ1v) is 5.48. The molecule has 0 aliphatic carbocycles. The number of hydrogen-bond donors (Lipinski definition) is 0. The summed E-state index contributed by atoms with van der Waals surface area (Å²) in [5.74, 6) is 0. The highest BCUT2D eigenvalue weighted by molar-refractivity contribution is 5.15. The van der Waals surface area contributed by atoms with Crippen LogP contribution in [0.5, 0.6) is 0 Å². The minimum absolute atomic E-state index is 0.242. The lowest BCUT2D eigenvalue weighted by Crippen LogP contribution is -2.25. The molecule has 3 heteroatoms. The van der Waals surface area contributed by atoms with Crippen LogP contribution in [0.4, 0.5) is 0 Å². The second-order valence-corrected chi connectivity index (χ2v) is 3.59. The van der Waals surface area contributed by atoms with Crippen LogP contribution in [0.3, 0.4) is 0 Å². The largest absolute Gasteiger partial charge is 0.347 e. The van der Waals surface area contributed by atoms with E-state index >= 15 is 0 Å². The van der Waals surface area contributed by atoms with Crippen molar-refractivity contribution < 1.29 is 9.57 Å². The molecule has 0 bridgehead atoms.